The average molecular weight is 498 g/mol. The van der Waals surface area contributed by atoms with E-state index in [1.165, 1.54) is 0 Å². The van der Waals surface area contributed by atoms with Crippen LogP contribution >= 0.6 is 15.9 Å². The summed E-state index contributed by atoms with van der Waals surface area (Å²) in [5.74, 6) is -0.319. The van der Waals surface area contributed by atoms with Crippen LogP contribution in [0.25, 0.3) is 0 Å². The standard InChI is InChI=1S/C26H32BrN3O2/c1-25(2,3)15-20-26(18-12-7-8-13-19(18)28-24(26)32)21(16-10-9-11-17(27)14-16)22(30(20)6)23(31)29(4)5/h7-14,20-22H,15H2,1-6H3,(H,28,32)/t20-,21+,22-,26+/m1/s1. The summed E-state index contributed by atoms with van der Waals surface area (Å²) in [6.45, 7) is 6.59. The molecule has 1 N–H and O–H groups in total. The fraction of sp³-hybridized carbons (Fsp3) is 0.462. The summed E-state index contributed by atoms with van der Waals surface area (Å²) in [6.07, 6.45) is 0.785. The van der Waals surface area contributed by atoms with Gasteiger partial charge in [-0.1, -0.05) is 67.0 Å². The first-order valence-electron chi connectivity index (χ1n) is 11.1. The summed E-state index contributed by atoms with van der Waals surface area (Å²) < 4.78 is 0.940. The lowest BCUT2D eigenvalue weighted by Crippen LogP contribution is -2.50. The summed E-state index contributed by atoms with van der Waals surface area (Å²) in [7, 11) is 5.59. The molecule has 170 valence electrons. The smallest absolute Gasteiger partial charge is 0.240 e. The number of carbonyl (C=O) groups excluding carboxylic acids is 2. The van der Waals surface area contributed by atoms with E-state index >= 15 is 0 Å². The third-order valence-corrected chi connectivity index (χ3v) is 7.46. The number of rotatable bonds is 3. The van der Waals surface area contributed by atoms with E-state index in [9.17, 15) is 9.59 Å². The van der Waals surface area contributed by atoms with Crippen LogP contribution in [-0.4, -0.2) is 54.8 Å². The summed E-state index contributed by atoms with van der Waals surface area (Å²) in [5, 5.41) is 3.17. The molecule has 2 aromatic carbocycles. The molecule has 5 nitrogen and oxygen atoms in total. The van der Waals surface area contributed by atoms with Crippen molar-refractivity contribution in [2.45, 2.75) is 50.6 Å². The second-order valence-corrected chi connectivity index (χ2v) is 11.4. The Balaban J connectivity index is 2.05. The van der Waals surface area contributed by atoms with Gasteiger partial charge in [-0.15, -0.1) is 0 Å². The van der Waals surface area contributed by atoms with E-state index < -0.39 is 11.5 Å². The summed E-state index contributed by atoms with van der Waals surface area (Å²) in [4.78, 5) is 31.5. The van der Waals surface area contributed by atoms with Crippen LogP contribution < -0.4 is 5.32 Å². The zero-order chi connectivity index (χ0) is 23.4. The molecule has 32 heavy (non-hydrogen) atoms. The molecule has 1 saturated heterocycles. The van der Waals surface area contributed by atoms with Crippen LogP contribution in [0.4, 0.5) is 5.69 Å². The Morgan fingerprint density at radius 1 is 1.16 bits per heavy atom. The van der Waals surface area contributed by atoms with Gasteiger partial charge in [-0.3, -0.25) is 14.5 Å². The van der Waals surface area contributed by atoms with E-state index in [1.54, 1.807) is 19.0 Å². The van der Waals surface area contributed by atoms with Crippen molar-refractivity contribution in [1.29, 1.82) is 0 Å². The number of fused-ring (bicyclic) bond motifs is 2. The maximum absolute atomic E-state index is 14.0. The van der Waals surface area contributed by atoms with E-state index in [0.717, 1.165) is 27.7 Å². The van der Waals surface area contributed by atoms with Crippen LogP contribution in [0.15, 0.2) is 53.0 Å². The van der Waals surface area contributed by atoms with Gasteiger partial charge in [0.2, 0.25) is 11.8 Å². The first-order valence-corrected chi connectivity index (χ1v) is 11.9. The Bertz CT molecular complexity index is 1060. The molecule has 2 amide bonds. The number of nitrogens with one attached hydrogen (secondary N) is 1. The number of para-hydroxylation sites is 1. The number of hydrogen-bond donors (Lipinski definition) is 1. The number of halogens is 1. The predicted octanol–water partition coefficient (Wildman–Crippen LogP) is 4.63. The number of hydrogen-bond acceptors (Lipinski definition) is 3. The van der Waals surface area contributed by atoms with Gasteiger partial charge in [-0.2, -0.15) is 0 Å². The molecule has 2 heterocycles. The van der Waals surface area contributed by atoms with E-state index in [-0.39, 0.29) is 29.2 Å². The SMILES string of the molecule is CN(C)C(=O)[C@H]1[C@H](c2cccc(Br)c2)[C@@]2(C(=O)Nc3ccccc32)[C@@H](CC(C)(C)C)N1C. The zero-order valence-electron chi connectivity index (χ0n) is 19.6. The lowest BCUT2D eigenvalue weighted by Gasteiger charge is -2.39. The van der Waals surface area contributed by atoms with E-state index in [2.05, 4.69) is 65.1 Å². The minimum atomic E-state index is -0.865. The van der Waals surface area contributed by atoms with Gasteiger partial charge in [-0.05, 0) is 48.2 Å². The third kappa shape index (κ3) is 3.48. The third-order valence-electron chi connectivity index (χ3n) is 6.97. The molecule has 4 rings (SSSR count). The van der Waals surface area contributed by atoms with Crippen molar-refractivity contribution in [3.63, 3.8) is 0 Å². The molecule has 2 aromatic rings. The highest BCUT2D eigenvalue weighted by Gasteiger charge is 2.68. The zero-order valence-corrected chi connectivity index (χ0v) is 21.2. The Morgan fingerprint density at radius 3 is 2.47 bits per heavy atom. The normalized spacial score (nSPS) is 27.5. The van der Waals surface area contributed by atoms with E-state index in [4.69, 9.17) is 0 Å². The molecule has 2 aliphatic rings. The number of nitrogens with zero attached hydrogens (tertiary/aromatic N) is 2. The number of carbonyl (C=O) groups is 2. The van der Waals surface area contributed by atoms with Gasteiger partial charge in [0.15, 0.2) is 0 Å². The first-order chi connectivity index (χ1) is 15.0. The molecule has 1 spiro atoms. The van der Waals surface area contributed by atoms with Gasteiger partial charge in [0.25, 0.3) is 0 Å². The van der Waals surface area contributed by atoms with Gasteiger partial charge in [-0.25, -0.2) is 0 Å². The van der Waals surface area contributed by atoms with Crippen LogP contribution in [0.2, 0.25) is 0 Å². The maximum Gasteiger partial charge on any atom is 0.240 e. The minimum Gasteiger partial charge on any atom is -0.347 e. The summed E-state index contributed by atoms with van der Waals surface area (Å²) in [6, 6.07) is 15.5. The van der Waals surface area contributed by atoms with Gasteiger partial charge in [0.05, 0.1) is 6.04 Å². The highest BCUT2D eigenvalue weighted by Crippen LogP contribution is 2.59. The molecule has 4 atom stereocenters. The van der Waals surface area contributed by atoms with Gasteiger partial charge < -0.3 is 10.2 Å². The molecule has 0 unspecified atom stereocenters. The molecule has 6 heteroatoms. The Kier molecular flexibility index (Phi) is 5.74. The lowest BCUT2D eigenvalue weighted by molar-refractivity contribution is -0.133. The van der Waals surface area contributed by atoms with Crippen molar-refractivity contribution in [1.82, 2.24) is 9.80 Å². The lowest BCUT2D eigenvalue weighted by atomic mass is 9.62. The molecule has 0 aromatic heterocycles. The summed E-state index contributed by atoms with van der Waals surface area (Å²) in [5.41, 5.74) is 1.94. The number of amides is 2. The Morgan fingerprint density at radius 2 is 1.84 bits per heavy atom. The monoisotopic (exact) mass is 497 g/mol. The van der Waals surface area contributed by atoms with Crippen LogP contribution in [0.3, 0.4) is 0 Å². The second-order valence-electron chi connectivity index (χ2n) is 10.5. The minimum absolute atomic E-state index is 0.0150. The number of anilines is 1. The molecular formula is C26H32BrN3O2. The van der Waals surface area contributed by atoms with Crippen LogP contribution in [0.1, 0.15) is 44.2 Å². The van der Waals surface area contributed by atoms with Gasteiger partial charge in [0, 0.05) is 36.2 Å². The topological polar surface area (TPSA) is 52.7 Å². The van der Waals surface area contributed by atoms with Crippen molar-refractivity contribution < 1.29 is 9.59 Å². The average Bonchev–Trinajstić information content (AvgIpc) is 3.13. The van der Waals surface area contributed by atoms with Crippen LogP contribution in [-0.2, 0) is 15.0 Å². The number of likely N-dealkylation sites (N-methyl/N-ethyl adjacent to an activating group) is 2. The quantitative estimate of drug-likeness (QED) is 0.672. The molecule has 0 saturated carbocycles. The van der Waals surface area contributed by atoms with Crippen molar-refractivity contribution >= 4 is 33.4 Å². The van der Waals surface area contributed by atoms with E-state index in [1.807, 2.05) is 37.4 Å². The van der Waals surface area contributed by atoms with Gasteiger partial charge >= 0.3 is 0 Å². The molecule has 0 bridgehead atoms. The van der Waals surface area contributed by atoms with Crippen LogP contribution in [0, 0.1) is 5.41 Å². The van der Waals surface area contributed by atoms with Crippen LogP contribution in [0.5, 0.6) is 0 Å². The van der Waals surface area contributed by atoms with Crippen molar-refractivity contribution in [2.75, 3.05) is 26.5 Å². The number of benzene rings is 2. The fourth-order valence-electron chi connectivity index (χ4n) is 5.76. The highest BCUT2D eigenvalue weighted by molar-refractivity contribution is 9.10. The molecule has 1 fully saturated rings. The highest BCUT2D eigenvalue weighted by atomic mass is 79.9. The molecular weight excluding hydrogens is 466 g/mol. The Labute approximate surface area is 199 Å². The Hall–Kier alpha value is -2.18. The molecule has 0 aliphatic carbocycles. The summed E-state index contributed by atoms with van der Waals surface area (Å²) >= 11 is 3.61. The first kappa shape index (κ1) is 23.0. The molecule has 0 radical (unpaired) electrons. The second kappa shape index (κ2) is 7.99. The fourth-order valence-corrected chi connectivity index (χ4v) is 6.18. The van der Waals surface area contributed by atoms with E-state index in [0.29, 0.717) is 0 Å². The molecule has 2 aliphatic heterocycles. The predicted molar refractivity (Wildman–Crippen MR) is 132 cm³/mol. The van der Waals surface area contributed by atoms with Crippen molar-refractivity contribution in [3.8, 4) is 0 Å². The largest absolute Gasteiger partial charge is 0.347 e. The van der Waals surface area contributed by atoms with Crippen molar-refractivity contribution in [2.24, 2.45) is 5.41 Å². The number of likely N-dealkylation sites (tertiary alicyclic amines) is 1. The maximum atomic E-state index is 14.0. The van der Waals surface area contributed by atoms with Gasteiger partial charge in [0.1, 0.15) is 5.41 Å². The van der Waals surface area contributed by atoms with Crippen molar-refractivity contribution in [3.05, 3.63) is 64.1 Å².